The van der Waals surface area contributed by atoms with Crippen LogP contribution in [0.4, 0.5) is 10.1 Å². The maximum atomic E-state index is 14.0. The summed E-state index contributed by atoms with van der Waals surface area (Å²) in [5.74, 6) is -0.706. The fraction of sp³-hybridized carbons (Fsp3) is 0.261. The number of carbonyl (C=O) groups excluding carboxylic acids is 1. The first kappa shape index (κ1) is 26.0. The van der Waals surface area contributed by atoms with Crippen molar-refractivity contribution in [2.75, 3.05) is 5.32 Å². The van der Waals surface area contributed by atoms with Crippen LogP contribution >= 0.6 is 9.24 Å². The van der Waals surface area contributed by atoms with Gasteiger partial charge >= 0.3 is 0 Å². The van der Waals surface area contributed by atoms with E-state index in [0.717, 1.165) is 12.0 Å². The van der Waals surface area contributed by atoms with E-state index in [-0.39, 0.29) is 5.56 Å². The van der Waals surface area contributed by atoms with Crippen LogP contribution in [-0.2, 0) is 0 Å². The number of imidazole rings is 1. The van der Waals surface area contributed by atoms with Gasteiger partial charge in [0.1, 0.15) is 11.5 Å². The van der Waals surface area contributed by atoms with E-state index in [2.05, 4.69) is 47.9 Å². The number of aromatic amines is 2. The van der Waals surface area contributed by atoms with E-state index in [9.17, 15) is 9.18 Å². The third kappa shape index (κ3) is 5.98. The Hall–Kier alpha value is -3.05. The molecule has 2 aromatic heterocycles. The molecule has 0 radical (unpaired) electrons. The Bertz CT molecular complexity index is 1110. The van der Waals surface area contributed by atoms with Crippen molar-refractivity contribution in [2.24, 2.45) is 0 Å². The minimum atomic E-state index is -0.599. The second kappa shape index (κ2) is 12.6. The minimum Gasteiger partial charge on any atom is -0.337 e. The van der Waals surface area contributed by atoms with Gasteiger partial charge in [-0.3, -0.25) is 9.89 Å². The lowest BCUT2D eigenvalue weighted by Gasteiger charge is -2.08. The van der Waals surface area contributed by atoms with Gasteiger partial charge in [0.2, 0.25) is 0 Å². The summed E-state index contributed by atoms with van der Waals surface area (Å²) < 4.78 is 14.0. The number of nitrogens with one attached hydrogen (secondary N) is 3. The Morgan fingerprint density at radius 1 is 1.29 bits per heavy atom. The van der Waals surface area contributed by atoms with Gasteiger partial charge in [0.25, 0.3) is 5.91 Å². The Balaban J connectivity index is 0.00000113. The molecule has 31 heavy (non-hydrogen) atoms. The summed E-state index contributed by atoms with van der Waals surface area (Å²) in [5.41, 5.74) is 1.76. The highest BCUT2D eigenvalue weighted by Gasteiger charge is 2.18. The average molecular weight is 444 g/mol. The first-order valence-electron chi connectivity index (χ1n) is 10.3. The highest BCUT2D eigenvalue weighted by Crippen LogP contribution is 2.22. The van der Waals surface area contributed by atoms with Gasteiger partial charge in [-0.1, -0.05) is 66.0 Å². The number of amides is 1. The van der Waals surface area contributed by atoms with Crippen LogP contribution in [0, 0.1) is 5.82 Å². The summed E-state index contributed by atoms with van der Waals surface area (Å²) in [6.07, 6.45) is 3.94. The highest BCUT2D eigenvalue weighted by atomic mass is 31.0. The number of halogens is 1. The Morgan fingerprint density at radius 3 is 2.55 bits per heavy atom. The third-order valence-corrected chi connectivity index (χ3v) is 4.59. The van der Waals surface area contributed by atoms with Crippen molar-refractivity contribution in [3.05, 3.63) is 59.1 Å². The molecular formula is C23H31FN5OP. The second-order valence-electron chi connectivity index (χ2n) is 5.81. The largest absolute Gasteiger partial charge is 0.337 e. The van der Waals surface area contributed by atoms with Crippen LogP contribution in [0.5, 0.6) is 0 Å². The molecule has 0 saturated heterocycles. The molecule has 1 atom stereocenters. The lowest BCUT2D eigenvalue weighted by atomic mass is 10.2. The van der Waals surface area contributed by atoms with E-state index in [1.807, 2.05) is 34.6 Å². The molecule has 2 heterocycles. The van der Waals surface area contributed by atoms with Crippen molar-refractivity contribution < 1.29 is 9.18 Å². The molecule has 0 aliphatic carbocycles. The predicted octanol–water partition coefficient (Wildman–Crippen LogP) is 3.90. The van der Waals surface area contributed by atoms with Crippen molar-refractivity contribution in [3.63, 3.8) is 0 Å². The van der Waals surface area contributed by atoms with E-state index in [4.69, 9.17) is 0 Å². The SMILES string of the molecule is C=C/C(CC)=c1/nc(-c2[nH]ncc2NC(=O)c2c(F)cccc2P)[nH]c1=C.CC.CC. The lowest BCUT2D eigenvalue weighted by Crippen LogP contribution is -2.24. The number of hydrogen-bond acceptors (Lipinski definition) is 3. The minimum absolute atomic E-state index is 0.0408. The number of H-pyrrole nitrogens is 2. The summed E-state index contributed by atoms with van der Waals surface area (Å²) in [6, 6.07) is 4.42. The molecular weight excluding hydrogens is 412 g/mol. The summed E-state index contributed by atoms with van der Waals surface area (Å²) in [5, 5.41) is 11.3. The number of benzene rings is 1. The molecule has 0 aliphatic heterocycles. The van der Waals surface area contributed by atoms with Crippen molar-refractivity contribution in [1.29, 1.82) is 0 Å². The predicted molar refractivity (Wildman–Crippen MR) is 131 cm³/mol. The van der Waals surface area contributed by atoms with Gasteiger partial charge in [-0.05, 0) is 23.4 Å². The van der Waals surface area contributed by atoms with E-state index in [1.165, 1.54) is 12.3 Å². The molecule has 3 aromatic rings. The molecule has 0 spiro atoms. The van der Waals surface area contributed by atoms with E-state index < -0.39 is 11.7 Å². The fourth-order valence-corrected chi connectivity index (χ4v) is 3.11. The molecule has 0 bridgehead atoms. The molecule has 166 valence electrons. The standard InChI is InChI=1S/C19H19FN5OP.2C2H6/c1-4-11(5-2)16-10(3)22-18(24-16)17-13(9-21-25-17)23-19(26)15-12(20)7-6-8-14(15)27;2*1-2/h4,6-9H,1,3,5,27H2,2H3,(H,21,25)(H,22,24)(H,23,26);2*1-2H3/b16-11-;;. The van der Waals surface area contributed by atoms with Crippen LogP contribution in [0.1, 0.15) is 51.4 Å². The first-order chi connectivity index (χ1) is 15.0. The summed E-state index contributed by atoms with van der Waals surface area (Å²) in [4.78, 5) is 20.2. The molecule has 0 fully saturated rings. The first-order valence-corrected chi connectivity index (χ1v) is 10.8. The van der Waals surface area contributed by atoms with E-state index in [1.54, 1.807) is 18.2 Å². The summed E-state index contributed by atoms with van der Waals surface area (Å²) in [7, 11) is 2.35. The number of rotatable bonds is 5. The van der Waals surface area contributed by atoms with E-state index in [0.29, 0.717) is 33.2 Å². The van der Waals surface area contributed by atoms with Crippen LogP contribution in [0.25, 0.3) is 23.7 Å². The Morgan fingerprint density at radius 2 is 1.97 bits per heavy atom. The lowest BCUT2D eigenvalue weighted by molar-refractivity contribution is 0.102. The molecule has 1 amide bonds. The maximum Gasteiger partial charge on any atom is 0.259 e. The molecule has 1 aromatic carbocycles. The van der Waals surface area contributed by atoms with Crippen molar-refractivity contribution in [1.82, 2.24) is 20.2 Å². The van der Waals surface area contributed by atoms with Crippen LogP contribution in [0.2, 0.25) is 0 Å². The van der Waals surface area contributed by atoms with Gasteiger partial charge in [-0.2, -0.15) is 5.10 Å². The number of nitrogens with zero attached hydrogens (tertiary/aromatic N) is 2. The molecule has 1 unspecified atom stereocenters. The smallest absolute Gasteiger partial charge is 0.259 e. The fourth-order valence-electron chi connectivity index (χ4n) is 2.73. The monoisotopic (exact) mass is 443 g/mol. The second-order valence-corrected chi connectivity index (χ2v) is 6.43. The summed E-state index contributed by atoms with van der Waals surface area (Å²) >= 11 is 0. The van der Waals surface area contributed by atoms with Crippen molar-refractivity contribution in [3.8, 4) is 11.5 Å². The summed E-state index contributed by atoms with van der Waals surface area (Å²) in [6.45, 7) is 17.8. The van der Waals surface area contributed by atoms with Gasteiger partial charge in [0, 0.05) is 0 Å². The normalized spacial score (nSPS) is 10.8. The van der Waals surface area contributed by atoms with Crippen LogP contribution in [0.3, 0.4) is 0 Å². The average Bonchev–Trinajstić information content (AvgIpc) is 3.38. The van der Waals surface area contributed by atoms with Crippen molar-refractivity contribution >= 4 is 38.3 Å². The third-order valence-electron chi connectivity index (χ3n) is 4.11. The van der Waals surface area contributed by atoms with E-state index >= 15 is 0 Å². The number of hydrogen-bond donors (Lipinski definition) is 3. The zero-order valence-corrected chi connectivity index (χ0v) is 19.9. The van der Waals surface area contributed by atoms with Crippen LogP contribution in [0.15, 0.2) is 37.1 Å². The maximum absolute atomic E-state index is 14.0. The number of aromatic nitrogens is 4. The van der Waals surface area contributed by atoms with Gasteiger partial charge in [0.15, 0.2) is 5.82 Å². The van der Waals surface area contributed by atoms with Gasteiger partial charge < -0.3 is 10.3 Å². The number of carbonyl (C=O) groups is 1. The molecule has 3 N–H and O–H groups in total. The topological polar surface area (TPSA) is 86.5 Å². The molecule has 8 heteroatoms. The van der Waals surface area contributed by atoms with Gasteiger partial charge in [-0.15, -0.1) is 9.24 Å². The van der Waals surface area contributed by atoms with Gasteiger partial charge in [0.05, 0.1) is 28.1 Å². The van der Waals surface area contributed by atoms with Crippen molar-refractivity contribution in [2.45, 2.75) is 41.0 Å². The number of anilines is 1. The van der Waals surface area contributed by atoms with Gasteiger partial charge in [-0.25, -0.2) is 9.37 Å². The Kier molecular flexibility index (Phi) is 10.6. The molecule has 0 saturated carbocycles. The Labute approximate surface area is 185 Å². The highest BCUT2D eigenvalue weighted by molar-refractivity contribution is 7.27. The van der Waals surface area contributed by atoms with Crippen LogP contribution < -0.4 is 21.3 Å². The zero-order chi connectivity index (χ0) is 23.6. The zero-order valence-electron chi connectivity index (χ0n) is 18.8. The molecule has 0 aliphatic rings. The van der Waals surface area contributed by atoms with Crippen LogP contribution in [-0.4, -0.2) is 26.1 Å². The quantitative estimate of drug-likeness (QED) is 0.523. The molecule has 3 rings (SSSR count). The molecule has 6 nitrogen and oxygen atoms in total. The number of allylic oxidation sites excluding steroid dienone is 1.